The molecular weight excluding hydrogens is 230 g/mol. The van der Waals surface area contributed by atoms with E-state index in [1.165, 1.54) is 37.7 Å². The summed E-state index contributed by atoms with van der Waals surface area (Å²) in [6, 6.07) is 9.35. The third kappa shape index (κ3) is 1.57. The van der Waals surface area contributed by atoms with Crippen molar-refractivity contribution in [3.63, 3.8) is 0 Å². The zero-order chi connectivity index (χ0) is 13.0. The van der Waals surface area contributed by atoms with E-state index in [0.717, 1.165) is 23.7 Å². The molecule has 1 aromatic carbocycles. The maximum absolute atomic E-state index is 3.80. The summed E-state index contributed by atoms with van der Waals surface area (Å²) >= 11 is 0. The standard InChI is InChI=1S/C18H25N/c1-12-3-5-15(6-4-12)18(19-2)16-8-13-7-14(10-16)11-17(18)9-13/h3-6,13-14,16-17,19H,7-11H2,1-2H3. The lowest BCUT2D eigenvalue weighted by Gasteiger charge is -2.61. The third-order valence-electron chi connectivity index (χ3n) is 6.37. The predicted octanol–water partition coefficient (Wildman–Crippen LogP) is 3.87. The molecule has 0 amide bonds. The molecule has 4 fully saturated rings. The van der Waals surface area contributed by atoms with Crippen LogP contribution in [0.3, 0.4) is 0 Å². The predicted molar refractivity (Wildman–Crippen MR) is 79.0 cm³/mol. The molecule has 0 unspecified atom stereocenters. The van der Waals surface area contributed by atoms with Gasteiger partial charge in [-0.15, -0.1) is 0 Å². The van der Waals surface area contributed by atoms with Gasteiger partial charge < -0.3 is 5.32 Å². The van der Waals surface area contributed by atoms with Gasteiger partial charge in [-0.1, -0.05) is 29.8 Å². The molecule has 1 N–H and O–H groups in total. The zero-order valence-electron chi connectivity index (χ0n) is 12.2. The van der Waals surface area contributed by atoms with E-state index in [4.69, 9.17) is 0 Å². The molecule has 102 valence electrons. The van der Waals surface area contributed by atoms with Crippen LogP contribution in [0.1, 0.15) is 43.2 Å². The van der Waals surface area contributed by atoms with Gasteiger partial charge in [0.05, 0.1) is 0 Å². The van der Waals surface area contributed by atoms with E-state index in [1.54, 1.807) is 5.56 Å². The molecule has 0 aliphatic heterocycles. The SMILES string of the molecule is CNC1(c2ccc(C)cc2)C2CC3CC(C2)CC1C3. The van der Waals surface area contributed by atoms with Gasteiger partial charge in [0.2, 0.25) is 0 Å². The molecular formula is C18H25N. The average Bonchev–Trinajstić information content (AvgIpc) is 2.40. The van der Waals surface area contributed by atoms with Crippen molar-refractivity contribution in [2.24, 2.45) is 23.7 Å². The Bertz CT molecular complexity index is 445. The van der Waals surface area contributed by atoms with Crippen LogP contribution in [0.5, 0.6) is 0 Å². The number of aryl methyl sites for hydroxylation is 1. The first-order valence-corrected chi connectivity index (χ1v) is 7.98. The summed E-state index contributed by atoms with van der Waals surface area (Å²) < 4.78 is 0. The van der Waals surface area contributed by atoms with Gasteiger partial charge in [0.25, 0.3) is 0 Å². The second kappa shape index (κ2) is 4.09. The van der Waals surface area contributed by atoms with Crippen molar-refractivity contribution in [1.29, 1.82) is 0 Å². The molecule has 4 saturated carbocycles. The molecule has 0 heterocycles. The Kier molecular flexibility index (Phi) is 2.57. The fourth-order valence-electron chi connectivity index (χ4n) is 5.78. The molecule has 1 heteroatoms. The summed E-state index contributed by atoms with van der Waals surface area (Å²) in [5.41, 5.74) is 3.20. The van der Waals surface area contributed by atoms with Gasteiger partial charge >= 0.3 is 0 Å². The van der Waals surface area contributed by atoms with E-state index in [-0.39, 0.29) is 5.54 Å². The molecule has 19 heavy (non-hydrogen) atoms. The highest BCUT2D eigenvalue weighted by Crippen LogP contribution is 2.61. The molecule has 1 aromatic rings. The van der Waals surface area contributed by atoms with E-state index >= 15 is 0 Å². The van der Waals surface area contributed by atoms with Crippen LogP contribution in [0.15, 0.2) is 24.3 Å². The van der Waals surface area contributed by atoms with Crippen molar-refractivity contribution in [3.05, 3.63) is 35.4 Å². The summed E-state index contributed by atoms with van der Waals surface area (Å²) in [7, 11) is 2.20. The average molecular weight is 255 g/mol. The molecule has 0 spiro atoms. The van der Waals surface area contributed by atoms with Crippen LogP contribution in [0.2, 0.25) is 0 Å². The Labute approximate surface area is 116 Å². The Morgan fingerprint density at radius 3 is 1.89 bits per heavy atom. The number of hydrogen-bond donors (Lipinski definition) is 1. The Hall–Kier alpha value is -0.820. The summed E-state index contributed by atoms with van der Waals surface area (Å²) in [5, 5.41) is 3.80. The van der Waals surface area contributed by atoms with Crippen LogP contribution in [-0.4, -0.2) is 7.05 Å². The van der Waals surface area contributed by atoms with Crippen LogP contribution in [0, 0.1) is 30.6 Å². The summed E-state index contributed by atoms with van der Waals surface area (Å²) in [4.78, 5) is 0. The Morgan fingerprint density at radius 1 is 0.895 bits per heavy atom. The number of nitrogens with one attached hydrogen (secondary N) is 1. The minimum absolute atomic E-state index is 0.279. The minimum Gasteiger partial charge on any atom is -0.310 e. The van der Waals surface area contributed by atoms with Crippen LogP contribution in [0.4, 0.5) is 0 Å². The second-order valence-electron chi connectivity index (χ2n) is 7.29. The maximum atomic E-state index is 3.80. The highest BCUT2D eigenvalue weighted by Gasteiger charge is 2.57. The summed E-state index contributed by atoms with van der Waals surface area (Å²) in [5.74, 6) is 3.82. The maximum Gasteiger partial charge on any atom is 0.0489 e. The van der Waals surface area contributed by atoms with Crippen LogP contribution < -0.4 is 5.32 Å². The zero-order valence-corrected chi connectivity index (χ0v) is 12.2. The van der Waals surface area contributed by atoms with Gasteiger partial charge in [0.15, 0.2) is 0 Å². The lowest BCUT2D eigenvalue weighted by atomic mass is 9.47. The van der Waals surface area contributed by atoms with E-state index in [0.29, 0.717) is 0 Å². The van der Waals surface area contributed by atoms with Crippen molar-refractivity contribution in [1.82, 2.24) is 5.32 Å². The molecule has 1 nitrogen and oxygen atoms in total. The monoisotopic (exact) mass is 255 g/mol. The summed E-state index contributed by atoms with van der Waals surface area (Å²) in [6.45, 7) is 2.19. The molecule has 4 bridgehead atoms. The van der Waals surface area contributed by atoms with E-state index in [2.05, 4.69) is 43.6 Å². The van der Waals surface area contributed by atoms with Crippen LogP contribution >= 0.6 is 0 Å². The smallest absolute Gasteiger partial charge is 0.0489 e. The first-order valence-electron chi connectivity index (χ1n) is 7.98. The van der Waals surface area contributed by atoms with Crippen molar-refractivity contribution >= 4 is 0 Å². The normalized spacial score (nSPS) is 43.7. The molecule has 5 rings (SSSR count). The van der Waals surface area contributed by atoms with Crippen molar-refractivity contribution < 1.29 is 0 Å². The van der Waals surface area contributed by atoms with Gasteiger partial charge in [-0.2, -0.15) is 0 Å². The number of rotatable bonds is 2. The van der Waals surface area contributed by atoms with Crippen molar-refractivity contribution in [3.8, 4) is 0 Å². The summed E-state index contributed by atoms with van der Waals surface area (Å²) in [6.07, 6.45) is 7.37. The van der Waals surface area contributed by atoms with Gasteiger partial charge in [-0.3, -0.25) is 0 Å². The lowest BCUT2D eigenvalue weighted by molar-refractivity contribution is -0.0744. The Morgan fingerprint density at radius 2 is 1.42 bits per heavy atom. The second-order valence-corrected chi connectivity index (χ2v) is 7.29. The Balaban J connectivity index is 1.79. The largest absolute Gasteiger partial charge is 0.310 e. The molecule has 0 aromatic heterocycles. The first kappa shape index (κ1) is 12.0. The van der Waals surface area contributed by atoms with Gasteiger partial charge in [-0.05, 0) is 75.3 Å². The molecule has 0 radical (unpaired) electrons. The van der Waals surface area contributed by atoms with Gasteiger partial charge in [0.1, 0.15) is 0 Å². The fraction of sp³-hybridized carbons (Fsp3) is 0.667. The fourth-order valence-corrected chi connectivity index (χ4v) is 5.78. The molecule has 0 atom stereocenters. The highest BCUT2D eigenvalue weighted by molar-refractivity contribution is 5.32. The van der Waals surface area contributed by atoms with E-state index in [9.17, 15) is 0 Å². The van der Waals surface area contributed by atoms with E-state index in [1.807, 2.05) is 0 Å². The van der Waals surface area contributed by atoms with E-state index < -0.39 is 0 Å². The van der Waals surface area contributed by atoms with Crippen LogP contribution in [0.25, 0.3) is 0 Å². The molecule has 0 saturated heterocycles. The lowest BCUT2D eigenvalue weighted by Crippen LogP contribution is -2.61. The van der Waals surface area contributed by atoms with Crippen molar-refractivity contribution in [2.75, 3.05) is 7.05 Å². The minimum atomic E-state index is 0.279. The quantitative estimate of drug-likeness (QED) is 0.846. The number of hydrogen-bond acceptors (Lipinski definition) is 1. The van der Waals surface area contributed by atoms with Gasteiger partial charge in [0, 0.05) is 5.54 Å². The topological polar surface area (TPSA) is 12.0 Å². The number of benzene rings is 1. The first-order chi connectivity index (χ1) is 9.22. The molecule has 4 aliphatic carbocycles. The molecule has 4 aliphatic rings. The van der Waals surface area contributed by atoms with Crippen molar-refractivity contribution in [2.45, 2.75) is 44.6 Å². The van der Waals surface area contributed by atoms with Gasteiger partial charge in [-0.25, -0.2) is 0 Å². The highest BCUT2D eigenvalue weighted by atomic mass is 15.0. The van der Waals surface area contributed by atoms with Crippen LogP contribution in [-0.2, 0) is 5.54 Å². The third-order valence-corrected chi connectivity index (χ3v) is 6.37.